The van der Waals surface area contributed by atoms with E-state index in [1.165, 1.54) is 0 Å². The van der Waals surface area contributed by atoms with Gasteiger partial charge in [0.15, 0.2) is 0 Å². The lowest BCUT2D eigenvalue weighted by molar-refractivity contribution is 0.409. The molecule has 0 amide bonds. The van der Waals surface area contributed by atoms with Crippen LogP contribution < -0.4 is 10.5 Å². The van der Waals surface area contributed by atoms with E-state index in [0.717, 1.165) is 15.8 Å². The van der Waals surface area contributed by atoms with Crippen LogP contribution in [0, 0.1) is 6.92 Å². The molecule has 19 heavy (non-hydrogen) atoms. The number of aromatic hydroxyl groups is 1. The fraction of sp³-hybridized carbons (Fsp3) is 0.231. The fourth-order valence-corrected chi connectivity index (χ4v) is 2.29. The van der Waals surface area contributed by atoms with Crippen molar-refractivity contribution in [2.24, 2.45) is 0 Å². The molecule has 1 aromatic heterocycles. The lowest BCUT2D eigenvalue weighted by Crippen LogP contribution is -2.03. The van der Waals surface area contributed by atoms with Crippen LogP contribution in [-0.4, -0.2) is 22.2 Å². The Morgan fingerprint density at radius 3 is 2.74 bits per heavy atom. The SMILES string of the molecule is COc1ccc(Br)cc1Cc1c(C)nc(N)nc1O. The number of anilines is 1. The third kappa shape index (κ3) is 2.96. The summed E-state index contributed by atoms with van der Waals surface area (Å²) >= 11 is 3.42. The first-order valence-corrected chi connectivity index (χ1v) is 6.45. The molecule has 5 nitrogen and oxygen atoms in total. The van der Waals surface area contributed by atoms with Crippen LogP contribution >= 0.6 is 15.9 Å². The molecular formula is C13H14BrN3O2. The van der Waals surface area contributed by atoms with Crippen molar-refractivity contribution in [2.45, 2.75) is 13.3 Å². The second-order valence-corrected chi connectivity index (χ2v) is 5.02. The van der Waals surface area contributed by atoms with Gasteiger partial charge in [-0.2, -0.15) is 4.98 Å². The van der Waals surface area contributed by atoms with Crippen LogP contribution in [0.25, 0.3) is 0 Å². The second-order valence-electron chi connectivity index (χ2n) is 4.10. The van der Waals surface area contributed by atoms with E-state index in [9.17, 15) is 5.11 Å². The topological polar surface area (TPSA) is 81.3 Å². The first-order chi connectivity index (χ1) is 9.01. The summed E-state index contributed by atoms with van der Waals surface area (Å²) in [7, 11) is 1.61. The minimum atomic E-state index is -0.0907. The van der Waals surface area contributed by atoms with Gasteiger partial charge in [-0.25, -0.2) is 4.98 Å². The van der Waals surface area contributed by atoms with E-state index in [2.05, 4.69) is 25.9 Å². The Morgan fingerprint density at radius 1 is 1.37 bits per heavy atom. The highest BCUT2D eigenvalue weighted by Gasteiger charge is 2.13. The number of aryl methyl sites for hydroxylation is 1. The fourth-order valence-electron chi connectivity index (χ4n) is 1.88. The first kappa shape index (κ1) is 13.6. The Morgan fingerprint density at radius 2 is 2.11 bits per heavy atom. The number of halogens is 1. The number of nitrogens with zero attached hydrogens (tertiary/aromatic N) is 2. The number of nitrogen functional groups attached to an aromatic ring is 1. The number of methoxy groups -OCH3 is 1. The Hall–Kier alpha value is -1.82. The quantitative estimate of drug-likeness (QED) is 0.906. The summed E-state index contributed by atoms with van der Waals surface area (Å²) in [5.41, 5.74) is 7.72. The summed E-state index contributed by atoms with van der Waals surface area (Å²) in [4.78, 5) is 7.84. The van der Waals surface area contributed by atoms with Crippen molar-refractivity contribution in [3.63, 3.8) is 0 Å². The zero-order valence-corrected chi connectivity index (χ0v) is 12.2. The normalized spacial score (nSPS) is 10.5. The van der Waals surface area contributed by atoms with E-state index in [1.54, 1.807) is 14.0 Å². The summed E-state index contributed by atoms with van der Waals surface area (Å²) in [6.45, 7) is 1.79. The molecule has 0 fully saturated rings. The van der Waals surface area contributed by atoms with Crippen molar-refractivity contribution in [1.82, 2.24) is 9.97 Å². The molecule has 0 unspecified atom stereocenters. The molecule has 0 saturated heterocycles. The summed E-state index contributed by atoms with van der Waals surface area (Å²) in [5.74, 6) is 0.728. The number of rotatable bonds is 3. The van der Waals surface area contributed by atoms with E-state index >= 15 is 0 Å². The monoisotopic (exact) mass is 323 g/mol. The second kappa shape index (κ2) is 5.44. The zero-order valence-electron chi connectivity index (χ0n) is 10.6. The smallest absolute Gasteiger partial charge is 0.223 e. The van der Waals surface area contributed by atoms with E-state index in [4.69, 9.17) is 10.5 Å². The molecule has 1 heterocycles. The predicted molar refractivity (Wildman–Crippen MR) is 76.3 cm³/mol. The maximum Gasteiger partial charge on any atom is 0.223 e. The summed E-state index contributed by atoms with van der Waals surface area (Å²) in [6.07, 6.45) is 0.473. The molecule has 0 saturated carbocycles. The molecule has 100 valence electrons. The van der Waals surface area contributed by atoms with Crippen molar-refractivity contribution < 1.29 is 9.84 Å². The van der Waals surface area contributed by atoms with Gasteiger partial charge in [0.2, 0.25) is 11.8 Å². The van der Waals surface area contributed by atoms with Gasteiger partial charge in [0.25, 0.3) is 0 Å². The lowest BCUT2D eigenvalue weighted by atomic mass is 10.0. The van der Waals surface area contributed by atoms with Crippen LogP contribution in [0.2, 0.25) is 0 Å². The van der Waals surface area contributed by atoms with Crippen molar-refractivity contribution in [3.8, 4) is 11.6 Å². The standard InChI is InChI=1S/C13H14BrN3O2/c1-7-10(12(18)17-13(15)16-7)6-8-5-9(14)3-4-11(8)19-2/h3-5H,6H2,1-2H3,(H3,15,16,17,18). The van der Waals surface area contributed by atoms with E-state index in [0.29, 0.717) is 17.7 Å². The number of aromatic nitrogens is 2. The van der Waals surface area contributed by atoms with Gasteiger partial charge in [0, 0.05) is 16.5 Å². The van der Waals surface area contributed by atoms with E-state index in [1.807, 2.05) is 18.2 Å². The summed E-state index contributed by atoms with van der Waals surface area (Å²) in [5, 5.41) is 9.88. The summed E-state index contributed by atoms with van der Waals surface area (Å²) in [6, 6.07) is 5.70. The van der Waals surface area contributed by atoms with Crippen LogP contribution in [0.1, 0.15) is 16.8 Å². The highest BCUT2D eigenvalue weighted by atomic mass is 79.9. The Kier molecular flexibility index (Phi) is 3.90. The van der Waals surface area contributed by atoms with Crippen LogP contribution in [0.15, 0.2) is 22.7 Å². The van der Waals surface area contributed by atoms with Gasteiger partial charge in [0.1, 0.15) is 5.75 Å². The molecule has 0 bridgehead atoms. The van der Waals surface area contributed by atoms with Crippen LogP contribution in [0.4, 0.5) is 5.95 Å². The third-order valence-electron chi connectivity index (χ3n) is 2.82. The van der Waals surface area contributed by atoms with Crippen LogP contribution in [-0.2, 0) is 6.42 Å². The van der Waals surface area contributed by atoms with Crippen molar-refractivity contribution in [3.05, 3.63) is 39.5 Å². The van der Waals surface area contributed by atoms with Gasteiger partial charge < -0.3 is 15.6 Å². The van der Waals surface area contributed by atoms with Crippen molar-refractivity contribution >= 4 is 21.9 Å². The summed E-state index contributed by atoms with van der Waals surface area (Å²) < 4.78 is 6.25. The largest absolute Gasteiger partial charge is 0.496 e. The van der Waals surface area contributed by atoms with Gasteiger partial charge in [0.05, 0.1) is 12.8 Å². The Balaban J connectivity index is 2.44. The lowest BCUT2D eigenvalue weighted by Gasteiger charge is -2.11. The number of ether oxygens (including phenoxy) is 1. The van der Waals surface area contributed by atoms with Crippen LogP contribution in [0.5, 0.6) is 11.6 Å². The minimum absolute atomic E-state index is 0.0694. The molecule has 0 atom stereocenters. The molecule has 1 aromatic carbocycles. The zero-order chi connectivity index (χ0) is 14.0. The van der Waals surface area contributed by atoms with Crippen LogP contribution in [0.3, 0.4) is 0 Å². The molecule has 6 heteroatoms. The maximum atomic E-state index is 9.88. The maximum absolute atomic E-state index is 9.88. The molecule has 0 aliphatic heterocycles. The molecular weight excluding hydrogens is 310 g/mol. The molecule has 0 radical (unpaired) electrons. The van der Waals surface area contributed by atoms with E-state index < -0.39 is 0 Å². The molecule has 0 spiro atoms. The highest BCUT2D eigenvalue weighted by Crippen LogP contribution is 2.29. The Labute approximate surface area is 119 Å². The number of hydrogen-bond acceptors (Lipinski definition) is 5. The number of nitrogens with two attached hydrogens (primary N) is 1. The predicted octanol–water partition coefficient (Wildman–Crippen LogP) is 2.43. The number of hydrogen-bond donors (Lipinski definition) is 2. The van der Waals surface area contributed by atoms with Gasteiger partial charge >= 0.3 is 0 Å². The molecule has 2 rings (SSSR count). The van der Waals surface area contributed by atoms with Gasteiger partial charge in [-0.05, 0) is 30.7 Å². The highest BCUT2D eigenvalue weighted by molar-refractivity contribution is 9.10. The third-order valence-corrected chi connectivity index (χ3v) is 3.31. The average Bonchev–Trinajstić information content (AvgIpc) is 2.34. The number of benzene rings is 1. The minimum Gasteiger partial charge on any atom is -0.496 e. The molecule has 3 N–H and O–H groups in total. The Bertz CT molecular complexity index is 594. The first-order valence-electron chi connectivity index (χ1n) is 5.65. The molecule has 2 aromatic rings. The molecule has 0 aliphatic rings. The van der Waals surface area contributed by atoms with Crippen molar-refractivity contribution in [2.75, 3.05) is 12.8 Å². The van der Waals surface area contributed by atoms with Gasteiger partial charge in [-0.15, -0.1) is 0 Å². The van der Waals surface area contributed by atoms with Gasteiger partial charge in [-0.3, -0.25) is 0 Å². The van der Waals surface area contributed by atoms with Gasteiger partial charge in [-0.1, -0.05) is 15.9 Å². The van der Waals surface area contributed by atoms with Crippen molar-refractivity contribution in [1.29, 1.82) is 0 Å². The average molecular weight is 324 g/mol. The van der Waals surface area contributed by atoms with E-state index in [-0.39, 0.29) is 11.8 Å². The molecule has 0 aliphatic carbocycles.